The molecule has 0 heterocycles. The number of aryl methyl sites for hydroxylation is 3. The first-order chi connectivity index (χ1) is 18.1. The van der Waals surface area contributed by atoms with Gasteiger partial charge in [0, 0.05) is 35.9 Å². The van der Waals surface area contributed by atoms with Gasteiger partial charge in [-0.25, -0.2) is 0 Å². The summed E-state index contributed by atoms with van der Waals surface area (Å²) in [5.41, 5.74) is 7.81. The fraction of sp³-hybridized carbons (Fsp3) is 0.576. The van der Waals surface area contributed by atoms with Crippen molar-refractivity contribution in [3.05, 3.63) is 58.1 Å². The third-order valence-electron chi connectivity index (χ3n) is 7.88. The van der Waals surface area contributed by atoms with E-state index in [4.69, 9.17) is 0 Å². The summed E-state index contributed by atoms with van der Waals surface area (Å²) in [5.74, 6) is 1.41. The molecule has 2 aromatic rings. The van der Waals surface area contributed by atoms with Gasteiger partial charge in [0.05, 0.1) is 0 Å². The second kappa shape index (κ2) is 15.7. The maximum Gasteiger partial charge on any atom is 0.227 e. The van der Waals surface area contributed by atoms with Crippen molar-refractivity contribution < 1.29 is 9.59 Å². The molecule has 1 amide bonds. The Balaban J connectivity index is 0.000000269. The third kappa shape index (κ3) is 9.58. The van der Waals surface area contributed by atoms with Crippen molar-refractivity contribution in [1.82, 2.24) is 4.90 Å². The van der Waals surface area contributed by atoms with Gasteiger partial charge in [0.2, 0.25) is 5.91 Å². The maximum absolute atomic E-state index is 12.3. The van der Waals surface area contributed by atoms with Crippen LogP contribution in [0.5, 0.6) is 0 Å². The molecule has 1 fully saturated rings. The molecule has 1 saturated carbocycles. The van der Waals surface area contributed by atoms with Crippen LogP contribution in [0.1, 0.15) is 92.4 Å². The zero-order valence-electron chi connectivity index (χ0n) is 25.2. The first kappa shape index (κ1) is 31.6. The van der Waals surface area contributed by atoms with Crippen molar-refractivity contribution in [3.63, 3.8) is 0 Å². The molecule has 0 radical (unpaired) electrons. The van der Waals surface area contributed by atoms with Gasteiger partial charge >= 0.3 is 0 Å². The summed E-state index contributed by atoms with van der Waals surface area (Å²) in [6.45, 7) is 14.2. The second-order valence-electron chi connectivity index (χ2n) is 11.1. The fourth-order valence-electron chi connectivity index (χ4n) is 5.37. The van der Waals surface area contributed by atoms with Crippen molar-refractivity contribution >= 4 is 23.1 Å². The Morgan fingerprint density at radius 3 is 2.08 bits per heavy atom. The molecule has 210 valence electrons. The Kier molecular flexibility index (Phi) is 13.0. The zero-order valence-corrected chi connectivity index (χ0v) is 25.2. The molecule has 5 heteroatoms. The summed E-state index contributed by atoms with van der Waals surface area (Å²) >= 11 is 0. The van der Waals surface area contributed by atoms with Crippen molar-refractivity contribution in [2.45, 2.75) is 86.5 Å². The normalized spacial score (nSPS) is 17.0. The van der Waals surface area contributed by atoms with E-state index in [1.165, 1.54) is 41.5 Å². The van der Waals surface area contributed by atoms with E-state index in [2.05, 4.69) is 68.4 Å². The van der Waals surface area contributed by atoms with Crippen molar-refractivity contribution in [1.29, 1.82) is 0 Å². The number of hydrogen-bond donors (Lipinski definition) is 2. The van der Waals surface area contributed by atoms with E-state index >= 15 is 0 Å². The molecule has 0 atom stereocenters. The van der Waals surface area contributed by atoms with Gasteiger partial charge in [0.1, 0.15) is 0 Å². The van der Waals surface area contributed by atoms with Crippen molar-refractivity contribution in [2.24, 2.45) is 11.8 Å². The van der Waals surface area contributed by atoms with Crippen LogP contribution in [-0.4, -0.2) is 43.8 Å². The van der Waals surface area contributed by atoms with E-state index < -0.39 is 0 Å². The minimum Gasteiger partial charge on any atom is -0.384 e. The summed E-state index contributed by atoms with van der Waals surface area (Å²) in [7, 11) is 4.10. The van der Waals surface area contributed by atoms with E-state index in [0.29, 0.717) is 0 Å². The van der Waals surface area contributed by atoms with Crippen LogP contribution in [0.15, 0.2) is 30.3 Å². The van der Waals surface area contributed by atoms with Crippen molar-refractivity contribution in [3.8, 4) is 0 Å². The minimum absolute atomic E-state index is 0.145. The lowest BCUT2D eigenvalue weighted by atomic mass is 9.80. The molecule has 1 aliphatic rings. The number of nitrogens with one attached hydrogen (secondary N) is 2. The van der Waals surface area contributed by atoms with Crippen LogP contribution < -0.4 is 10.6 Å². The lowest BCUT2D eigenvalue weighted by Gasteiger charge is -2.27. The van der Waals surface area contributed by atoms with E-state index in [1.54, 1.807) is 6.92 Å². The molecular formula is C33H51N3O2. The molecule has 0 aromatic heterocycles. The predicted octanol–water partition coefficient (Wildman–Crippen LogP) is 7.45. The zero-order chi connectivity index (χ0) is 28.2. The van der Waals surface area contributed by atoms with Gasteiger partial charge in [-0.2, -0.15) is 0 Å². The highest BCUT2D eigenvalue weighted by Crippen LogP contribution is 2.31. The van der Waals surface area contributed by atoms with Gasteiger partial charge in [-0.1, -0.05) is 33.3 Å². The summed E-state index contributed by atoms with van der Waals surface area (Å²) in [6.07, 6.45) is 7.73. The average Bonchev–Trinajstić information content (AvgIpc) is 2.88. The fourth-order valence-corrected chi connectivity index (χ4v) is 5.37. The number of likely N-dealkylation sites (N-methyl/N-ethyl adjacent to an activating group) is 1. The number of carbonyl (C=O) groups is 2. The SMILES string of the molecule is CCc1c(C)cc(NCCN(C)C)cc1C(C)=O.CCc1ccc(NC(=O)C2CCC(CC)CC2)cc1C. The molecule has 2 aromatic carbocycles. The molecule has 5 nitrogen and oxygen atoms in total. The van der Waals surface area contributed by atoms with Crippen LogP contribution >= 0.6 is 0 Å². The number of amides is 1. The van der Waals surface area contributed by atoms with Crippen LogP contribution in [0, 0.1) is 25.7 Å². The number of Topliss-reactive ketones (excluding diaryl/α,β-unsaturated/α-hetero) is 1. The van der Waals surface area contributed by atoms with Crippen LogP contribution in [0.4, 0.5) is 11.4 Å². The quantitative estimate of drug-likeness (QED) is 0.319. The van der Waals surface area contributed by atoms with E-state index in [1.807, 2.05) is 26.2 Å². The predicted molar refractivity (Wildman–Crippen MR) is 163 cm³/mol. The lowest BCUT2D eigenvalue weighted by molar-refractivity contribution is -0.121. The maximum atomic E-state index is 12.3. The molecule has 1 aliphatic carbocycles. The largest absolute Gasteiger partial charge is 0.384 e. The standard InChI is InChI=1S/C18H27NO.C15H24N2O/c1-4-14-6-8-16(9-7-14)18(20)19-17-11-10-15(5-2)13(3)12-17;1-6-14-11(2)9-13(10-15(14)12(3)18)16-7-8-17(4)5/h10-12,14,16H,4-9H2,1-3H3,(H,19,20);9-10,16H,6-8H2,1-5H3. The molecule has 0 aliphatic heterocycles. The third-order valence-corrected chi connectivity index (χ3v) is 7.88. The van der Waals surface area contributed by atoms with Gasteiger partial charge in [0.15, 0.2) is 5.78 Å². The van der Waals surface area contributed by atoms with Crippen LogP contribution in [-0.2, 0) is 17.6 Å². The number of nitrogens with zero attached hydrogens (tertiary/aromatic N) is 1. The smallest absolute Gasteiger partial charge is 0.227 e. The number of carbonyl (C=O) groups excluding carboxylic acids is 2. The van der Waals surface area contributed by atoms with Crippen LogP contribution in [0.25, 0.3) is 0 Å². The first-order valence-electron chi connectivity index (χ1n) is 14.5. The Labute approximate surface area is 231 Å². The number of anilines is 2. The average molecular weight is 522 g/mol. The van der Waals surface area contributed by atoms with Gasteiger partial charge < -0.3 is 15.5 Å². The molecule has 0 unspecified atom stereocenters. The molecule has 38 heavy (non-hydrogen) atoms. The first-order valence-corrected chi connectivity index (χ1v) is 14.5. The highest BCUT2D eigenvalue weighted by Gasteiger charge is 2.25. The molecular weight excluding hydrogens is 470 g/mol. The number of ketones is 1. The van der Waals surface area contributed by atoms with Gasteiger partial charge in [-0.3, -0.25) is 9.59 Å². The van der Waals surface area contributed by atoms with Gasteiger partial charge in [0.25, 0.3) is 0 Å². The highest BCUT2D eigenvalue weighted by atomic mass is 16.2. The molecule has 0 spiro atoms. The minimum atomic E-state index is 0.145. The molecule has 2 N–H and O–H groups in total. The summed E-state index contributed by atoms with van der Waals surface area (Å²) in [4.78, 5) is 26.1. The molecule has 0 saturated heterocycles. The molecule has 3 rings (SSSR count). The molecule has 0 bridgehead atoms. The van der Waals surface area contributed by atoms with E-state index in [0.717, 1.165) is 61.6 Å². The van der Waals surface area contributed by atoms with E-state index in [9.17, 15) is 9.59 Å². The topological polar surface area (TPSA) is 61.4 Å². The Hall–Kier alpha value is -2.66. The number of rotatable bonds is 10. The Bertz CT molecular complexity index is 1050. The highest BCUT2D eigenvalue weighted by molar-refractivity contribution is 5.97. The van der Waals surface area contributed by atoms with E-state index in [-0.39, 0.29) is 17.6 Å². The van der Waals surface area contributed by atoms with Gasteiger partial charge in [-0.05, 0) is 126 Å². The monoisotopic (exact) mass is 521 g/mol. The number of hydrogen-bond acceptors (Lipinski definition) is 4. The van der Waals surface area contributed by atoms with Crippen LogP contribution in [0.2, 0.25) is 0 Å². The summed E-state index contributed by atoms with van der Waals surface area (Å²) in [6, 6.07) is 10.3. The Morgan fingerprint density at radius 2 is 1.55 bits per heavy atom. The Morgan fingerprint density at radius 1 is 0.895 bits per heavy atom. The number of benzene rings is 2. The van der Waals surface area contributed by atoms with Crippen molar-refractivity contribution in [2.75, 3.05) is 37.8 Å². The summed E-state index contributed by atoms with van der Waals surface area (Å²) in [5, 5.41) is 6.47. The van der Waals surface area contributed by atoms with Gasteiger partial charge in [-0.15, -0.1) is 0 Å². The second-order valence-corrected chi connectivity index (χ2v) is 11.1. The summed E-state index contributed by atoms with van der Waals surface area (Å²) < 4.78 is 0. The lowest BCUT2D eigenvalue weighted by Crippen LogP contribution is -2.27. The van der Waals surface area contributed by atoms with Crippen LogP contribution in [0.3, 0.4) is 0 Å².